The number of aromatic nitrogens is 4. The standard InChI is InChI=1S/C10H18N4O3PS/c1-7(2)16-18(15,17-8(3)4)9-6-19-10-13(5)11-12-14(9)10/h6-8H,1-5H3/q+1. The third-order valence-corrected chi connectivity index (χ3v) is 5.63. The van der Waals surface area contributed by atoms with Gasteiger partial charge in [-0.25, -0.2) is 0 Å². The summed E-state index contributed by atoms with van der Waals surface area (Å²) in [4.78, 5) is 0.773. The molecule has 0 N–H and O–H groups in total. The van der Waals surface area contributed by atoms with E-state index in [-0.39, 0.29) is 12.2 Å². The van der Waals surface area contributed by atoms with E-state index in [1.807, 2.05) is 27.7 Å². The van der Waals surface area contributed by atoms with Gasteiger partial charge in [-0.3, -0.25) is 4.57 Å². The average molecular weight is 305 g/mol. The Bertz CT molecular complexity index is 607. The largest absolute Gasteiger partial charge is 0.397 e. The zero-order chi connectivity index (χ0) is 14.2. The molecule has 0 saturated carbocycles. The molecule has 0 atom stereocenters. The average Bonchev–Trinajstić information content (AvgIpc) is 2.79. The molecule has 19 heavy (non-hydrogen) atoms. The summed E-state index contributed by atoms with van der Waals surface area (Å²) in [6, 6.07) is 0. The van der Waals surface area contributed by atoms with E-state index < -0.39 is 7.60 Å². The maximum atomic E-state index is 13.0. The molecule has 0 spiro atoms. The van der Waals surface area contributed by atoms with Crippen LogP contribution in [-0.4, -0.2) is 27.2 Å². The summed E-state index contributed by atoms with van der Waals surface area (Å²) in [5.41, 5.74) is 0.419. The Morgan fingerprint density at radius 3 is 2.42 bits per heavy atom. The number of nitrogens with zero attached hydrogens (tertiary/aromatic N) is 4. The second-order valence-corrected chi connectivity index (χ2v) is 7.41. The fourth-order valence-corrected chi connectivity index (χ4v) is 4.83. The van der Waals surface area contributed by atoms with Gasteiger partial charge in [-0.05, 0) is 32.2 Å². The Morgan fingerprint density at radius 1 is 1.32 bits per heavy atom. The van der Waals surface area contributed by atoms with Crippen molar-refractivity contribution in [2.24, 2.45) is 7.05 Å². The first-order valence-electron chi connectivity index (χ1n) is 6.00. The van der Waals surface area contributed by atoms with E-state index in [4.69, 9.17) is 9.05 Å². The second-order valence-electron chi connectivity index (χ2n) is 4.70. The van der Waals surface area contributed by atoms with Crippen LogP contribution in [0.1, 0.15) is 27.7 Å². The second kappa shape index (κ2) is 5.28. The van der Waals surface area contributed by atoms with Crippen LogP contribution in [0.5, 0.6) is 0 Å². The van der Waals surface area contributed by atoms with E-state index in [1.165, 1.54) is 15.9 Å². The minimum atomic E-state index is -3.41. The van der Waals surface area contributed by atoms with Gasteiger partial charge in [0.15, 0.2) is 5.21 Å². The molecule has 2 heterocycles. The maximum absolute atomic E-state index is 13.0. The lowest BCUT2D eigenvalue weighted by molar-refractivity contribution is -0.705. The van der Waals surface area contributed by atoms with Gasteiger partial charge < -0.3 is 9.05 Å². The molecule has 0 fully saturated rings. The number of hydrogen-bond donors (Lipinski definition) is 0. The first kappa shape index (κ1) is 14.6. The predicted octanol–water partition coefficient (Wildman–Crippen LogP) is 1.28. The number of rotatable bonds is 5. The molecular weight excluding hydrogens is 287 g/mol. The molecule has 0 amide bonds. The van der Waals surface area contributed by atoms with E-state index in [0.29, 0.717) is 5.44 Å². The molecule has 0 radical (unpaired) electrons. The van der Waals surface area contributed by atoms with Crippen molar-refractivity contribution in [3.05, 3.63) is 5.38 Å². The van der Waals surface area contributed by atoms with Crippen molar-refractivity contribution in [2.45, 2.75) is 39.9 Å². The van der Waals surface area contributed by atoms with Crippen molar-refractivity contribution in [2.75, 3.05) is 0 Å². The van der Waals surface area contributed by atoms with E-state index >= 15 is 0 Å². The van der Waals surface area contributed by atoms with Crippen molar-refractivity contribution in [3.63, 3.8) is 0 Å². The highest BCUT2D eigenvalue weighted by Crippen LogP contribution is 2.49. The minimum Gasteiger partial charge on any atom is -0.300 e. The summed E-state index contributed by atoms with van der Waals surface area (Å²) < 4.78 is 27.2. The minimum absolute atomic E-state index is 0.211. The lowest BCUT2D eigenvalue weighted by Crippen LogP contribution is -2.29. The molecule has 0 aliphatic heterocycles. The first-order valence-corrected chi connectivity index (χ1v) is 8.42. The van der Waals surface area contributed by atoms with Crippen LogP contribution in [0.2, 0.25) is 0 Å². The molecular formula is C10H18N4O3PS+. The van der Waals surface area contributed by atoms with Gasteiger partial charge in [0, 0.05) is 5.38 Å². The van der Waals surface area contributed by atoms with Gasteiger partial charge in [-0.15, -0.1) is 4.68 Å². The summed E-state index contributed by atoms with van der Waals surface area (Å²) in [5.74, 6) is 0. The van der Waals surface area contributed by atoms with Crippen molar-refractivity contribution < 1.29 is 18.3 Å². The topological polar surface area (TPSA) is 69.6 Å². The lowest BCUT2D eigenvalue weighted by Gasteiger charge is -2.19. The Morgan fingerprint density at radius 2 is 1.89 bits per heavy atom. The van der Waals surface area contributed by atoms with Gasteiger partial charge in [0.05, 0.1) is 19.3 Å². The molecule has 0 aromatic carbocycles. The fourth-order valence-electron chi connectivity index (χ4n) is 1.61. The third kappa shape index (κ3) is 2.86. The number of thiazole rings is 1. The van der Waals surface area contributed by atoms with Crippen LogP contribution in [0.25, 0.3) is 4.96 Å². The molecule has 0 aliphatic rings. The summed E-state index contributed by atoms with van der Waals surface area (Å²) in [6.07, 6.45) is -0.423. The van der Waals surface area contributed by atoms with Crippen LogP contribution in [-0.2, 0) is 20.7 Å². The zero-order valence-corrected chi connectivity index (χ0v) is 13.3. The third-order valence-electron chi connectivity index (χ3n) is 2.19. The maximum Gasteiger partial charge on any atom is 0.397 e. The molecule has 0 saturated heterocycles. The molecule has 2 aromatic rings. The van der Waals surface area contributed by atoms with Gasteiger partial charge in [-0.1, -0.05) is 11.3 Å². The van der Waals surface area contributed by atoms with Gasteiger partial charge in [0.1, 0.15) is 5.21 Å². The number of aryl methyl sites for hydroxylation is 1. The number of fused-ring (bicyclic) bond motifs is 1. The first-order chi connectivity index (χ1) is 8.83. The molecule has 0 unspecified atom stereocenters. The summed E-state index contributed by atoms with van der Waals surface area (Å²) >= 11 is 1.40. The fraction of sp³-hybridized carbons (Fsp3) is 0.700. The predicted molar refractivity (Wildman–Crippen MR) is 71.7 cm³/mol. The molecule has 2 rings (SSSR count). The van der Waals surface area contributed by atoms with Crippen LogP contribution in [0.15, 0.2) is 5.38 Å². The van der Waals surface area contributed by atoms with Crippen LogP contribution in [0.4, 0.5) is 0 Å². The smallest absolute Gasteiger partial charge is 0.300 e. The SMILES string of the molecule is CC(C)OP(=O)(OC(C)C)c1csc2n1nn[n+]2C. The van der Waals surface area contributed by atoms with Gasteiger partial charge >= 0.3 is 12.6 Å². The normalized spacial score (nSPS) is 13.0. The van der Waals surface area contributed by atoms with Gasteiger partial charge in [0.25, 0.3) is 0 Å². The molecule has 7 nitrogen and oxygen atoms in total. The van der Waals surface area contributed by atoms with E-state index in [0.717, 1.165) is 4.96 Å². The highest BCUT2D eigenvalue weighted by molar-refractivity contribution is 7.62. The van der Waals surface area contributed by atoms with Crippen LogP contribution < -0.4 is 10.1 Å². The Kier molecular flexibility index (Phi) is 4.06. The molecule has 106 valence electrons. The summed E-state index contributed by atoms with van der Waals surface area (Å²) in [7, 11) is -1.63. The van der Waals surface area contributed by atoms with Crippen molar-refractivity contribution >= 4 is 29.3 Å². The molecule has 9 heteroatoms. The highest BCUT2D eigenvalue weighted by atomic mass is 32.1. The molecule has 0 aliphatic carbocycles. The Balaban J connectivity index is 2.51. The van der Waals surface area contributed by atoms with Crippen molar-refractivity contribution in [3.8, 4) is 0 Å². The molecule has 0 bridgehead atoms. The molecule has 2 aromatic heterocycles. The quantitative estimate of drug-likeness (QED) is 0.615. The van der Waals surface area contributed by atoms with E-state index in [1.54, 1.807) is 17.1 Å². The summed E-state index contributed by atoms with van der Waals surface area (Å²) in [6.45, 7) is 7.28. The van der Waals surface area contributed by atoms with E-state index in [2.05, 4.69) is 10.4 Å². The van der Waals surface area contributed by atoms with E-state index in [9.17, 15) is 4.57 Å². The van der Waals surface area contributed by atoms with Gasteiger partial charge in [0.2, 0.25) is 5.44 Å². The van der Waals surface area contributed by atoms with Crippen LogP contribution >= 0.6 is 18.9 Å². The number of hydrogen-bond acceptors (Lipinski definition) is 6. The van der Waals surface area contributed by atoms with Gasteiger partial charge in [-0.2, -0.15) is 0 Å². The van der Waals surface area contributed by atoms with Crippen LogP contribution in [0, 0.1) is 0 Å². The van der Waals surface area contributed by atoms with Crippen LogP contribution in [0.3, 0.4) is 0 Å². The van der Waals surface area contributed by atoms with Crippen molar-refractivity contribution in [1.82, 2.24) is 14.9 Å². The van der Waals surface area contributed by atoms with Crippen molar-refractivity contribution in [1.29, 1.82) is 0 Å². The number of tetrazole rings is 1. The monoisotopic (exact) mass is 305 g/mol. The summed E-state index contributed by atoms with van der Waals surface area (Å²) in [5, 5.41) is 9.61. The Labute approximate surface area is 115 Å². The zero-order valence-electron chi connectivity index (χ0n) is 11.6. The Hall–Kier alpha value is -0.820. The lowest BCUT2D eigenvalue weighted by atomic mass is 10.5. The highest BCUT2D eigenvalue weighted by Gasteiger charge is 2.39.